The molecule has 78 valence electrons. The molecular formula is C9H12Cl2N2O. The van der Waals surface area contributed by atoms with Crippen LogP contribution < -0.4 is 5.32 Å². The monoisotopic (exact) mass is 234 g/mol. The molecule has 0 aliphatic carbocycles. The van der Waals surface area contributed by atoms with E-state index in [0.717, 1.165) is 5.69 Å². The molecule has 0 atom stereocenters. The lowest BCUT2D eigenvalue weighted by molar-refractivity contribution is 0.160. The molecule has 0 radical (unpaired) electrons. The van der Waals surface area contributed by atoms with Crippen molar-refractivity contribution in [1.82, 2.24) is 4.98 Å². The number of halogens is 2. The van der Waals surface area contributed by atoms with Crippen LogP contribution in [0.4, 0.5) is 5.69 Å². The van der Waals surface area contributed by atoms with Gasteiger partial charge in [-0.15, -0.1) is 11.6 Å². The van der Waals surface area contributed by atoms with E-state index in [4.69, 9.17) is 27.9 Å². The van der Waals surface area contributed by atoms with Crippen LogP contribution in [0.15, 0.2) is 18.5 Å². The Balaban J connectivity index is 2.21. The fourth-order valence-electron chi connectivity index (χ4n) is 0.933. The highest BCUT2D eigenvalue weighted by Crippen LogP contribution is 2.18. The Hall–Kier alpha value is -0.510. The summed E-state index contributed by atoms with van der Waals surface area (Å²) >= 11 is 11.3. The molecule has 0 aliphatic heterocycles. The van der Waals surface area contributed by atoms with Gasteiger partial charge in [0.1, 0.15) is 0 Å². The zero-order valence-corrected chi connectivity index (χ0v) is 9.18. The third-order valence-corrected chi connectivity index (χ3v) is 2.01. The molecule has 0 saturated carbocycles. The van der Waals surface area contributed by atoms with Crippen LogP contribution in [0.5, 0.6) is 0 Å². The third kappa shape index (κ3) is 4.13. The van der Waals surface area contributed by atoms with E-state index in [0.29, 0.717) is 30.7 Å². The van der Waals surface area contributed by atoms with Crippen molar-refractivity contribution in [3.05, 3.63) is 23.5 Å². The van der Waals surface area contributed by atoms with Crippen LogP contribution in [0.2, 0.25) is 5.02 Å². The van der Waals surface area contributed by atoms with Crippen molar-refractivity contribution in [3.63, 3.8) is 0 Å². The van der Waals surface area contributed by atoms with Crippen LogP contribution in [0.25, 0.3) is 0 Å². The number of ether oxygens (including phenoxy) is 1. The summed E-state index contributed by atoms with van der Waals surface area (Å²) in [5, 5.41) is 3.75. The number of hydrogen-bond acceptors (Lipinski definition) is 3. The number of hydrogen-bond donors (Lipinski definition) is 1. The zero-order valence-electron chi connectivity index (χ0n) is 7.67. The van der Waals surface area contributed by atoms with Gasteiger partial charge in [0.2, 0.25) is 0 Å². The highest BCUT2D eigenvalue weighted by Gasteiger charge is 1.97. The third-order valence-electron chi connectivity index (χ3n) is 1.56. The second-order valence-electron chi connectivity index (χ2n) is 2.58. The van der Waals surface area contributed by atoms with Crippen LogP contribution in [-0.2, 0) is 4.74 Å². The van der Waals surface area contributed by atoms with Gasteiger partial charge in [0, 0.05) is 24.8 Å². The van der Waals surface area contributed by atoms with Gasteiger partial charge in [0.25, 0.3) is 0 Å². The number of anilines is 1. The average Bonchev–Trinajstić information content (AvgIpc) is 2.20. The summed E-state index contributed by atoms with van der Waals surface area (Å²) in [6.45, 7) is 1.90. The maximum Gasteiger partial charge on any atom is 0.0820 e. The Bertz CT molecular complexity index is 271. The molecule has 0 unspecified atom stereocenters. The number of nitrogens with zero attached hydrogens (tertiary/aromatic N) is 1. The molecule has 0 amide bonds. The molecule has 0 aliphatic rings. The van der Waals surface area contributed by atoms with Crippen LogP contribution in [0.3, 0.4) is 0 Å². The minimum Gasteiger partial charge on any atom is -0.381 e. The van der Waals surface area contributed by atoms with E-state index < -0.39 is 0 Å². The fourth-order valence-corrected chi connectivity index (χ4v) is 1.23. The normalized spacial score (nSPS) is 10.1. The van der Waals surface area contributed by atoms with E-state index in [1.165, 1.54) is 0 Å². The standard InChI is InChI=1S/C9H12Cl2N2O/c10-2-5-14-6-4-13-9-1-3-12-7-8(9)11/h1,3,7H,2,4-6H2,(H,12,13). The predicted molar refractivity (Wildman–Crippen MR) is 59.3 cm³/mol. The van der Waals surface area contributed by atoms with E-state index in [2.05, 4.69) is 10.3 Å². The first kappa shape index (κ1) is 11.6. The molecule has 0 saturated heterocycles. The first-order valence-electron chi connectivity index (χ1n) is 4.31. The summed E-state index contributed by atoms with van der Waals surface area (Å²) in [6, 6.07) is 1.82. The molecule has 1 aromatic heterocycles. The molecule has 3 nitrogen and oxygen atoms in total. The van der Waals surface area contributed by atoms with Gasteiger partial charge in [0.15, 0.2) is 0 Å². The Morgan fingerprint density at radius 3 is 3.00 bits per heavy atom. The van der Waals surface area contributed by atoms with Crippen LogP contribution in [-0.4, -0.2) is 30.6 Å². The molecule has 0 fully saturated rings. The molecule has 1 rings (SSSR count). The molecule has 5 heteroatoms. The number of aromatic nitrogens is 1. The quantitative estimate of drug-likeness (QED) is 0.607. The highest BCUT2D eigenvalue weighted by molar-refractivity contribution is 6.33. The van der Waals surface area contributed by atoms with Crippen molar-refractivity contribution >= 4 is 28.9 Å². The maximum atomic E-state index is 5.88. The van der Waals surface area contributed by atoms with Gasteiger partial charge >= 0.3 is 0 Å². The van der Waals surface area contributed by atoms with Crippen LogP contribution >= 0.6 is 23.2 Å². The predicted octanol–water partition coefficient (Wildman–Crippen LogP) is 2.40. The Morgan fingerprint density at radius 2 is 2.29 bits per heavy atom. The average molecular weight is 235 g/mol. The van der Waals surface area contributed by atoms with Gasteiger partial charge in [-0.25, -0.2) is 0 Å². The maximum absolute atomic E-state index is 5.88. The number of alkyl halides is 1. The lowest BCUT2D eigenvalue weighted by Gasteiger charge is -2.07. The second-order valence-corrected chi connectivity index (χ2v) is 3.37. The second kappa shape index (κ2) is 6.87. The summed E-state index contributed by atoms with van der Waals surface area (Å²) in [5.41, 5.74) is 0.871. The lowest BCUT2D eigenvalue weighted by Crippen LogP contribution is -2.10. The number of pyridine rings is 1. The summed E-state index contributed by atoms with van der Waals surface area (Å²) < 4.78 is 5.19. The smallest absolute Gasteiger partial charge is 0.0820 e. The summed E-state index contributed by atoms with van der Waals surface area (Å²) in [4.78, 5) is 3.88. The minimum absolute atomic E-state index is 0.524. The molecule has 1 aromatic rings. The van der Waals surface area contributed by atoms with Gasteiger partial charge in [0.05, 0.1) is 23.9 Å². The van der Waals surface area contributed by atoms with Crippen molar-refractivity contribution in [3.8, 4) is 0 Å². The van der Waals surface area contributed by atoms with Crippen molar-refractivity contribution in [2.45, 2.75) is 0 Å². The molecule has 0 aromatic carbocycles. The van der Waals surface area contributed by atoms with E-state index >= 15 is 0 Å². The van der Waals surface area contributed by atoms with E-state index in [-0.39, 0.29) is 0 Å². The molecule has 1 N–H and O–H groups in total. The molecule has 0 spiro atoms. The van der Waals surface area contributed by atoms with E-state index in [1.54, 1.807) is 12.4 Å². The SMILES string of the molecule is ClCCOCCNc1ccncc1Cl. The largest absolute Gasteiger partial charge is 0.381 e. The fraction of sp³-hybridized carbons (Fsp3) is 0.444. The van der Waals surface area contributed by atoms with Crippen molar-refractivity contribution in [2.24, 2.45) is 0 Å². The summed E-state index contributed by atoms with van der Waals surface area (Å²) in [6.07, 6.45) is 3.29. The summed E-state index contributed by atoms with van der Waals surface area (Å²) in [5.74, 6) is 0.524. The van der Waals surface area contributed by atoms with Gasteiger partial charge in [-0.3, -0.25) is 4.98 Å². The molecule has 1 heterocycles. The van der Waals surface area contributed by atoms with Crippen molar-refractivity contribution < 1.29 is 4.74 Å². The van der Waals surface area contributed by atoms with Crippen LogP contribution in [0, 0.1) is 0 Å². The van der Waals surface area contributed by atoms with E-state index in [1.807, 2.05) is 6.07 Å². The van der Waals surface area contributed by atoms with Gasteiger partial charge in [-0.05, 0) is 6.07 Å². The molecule has 14 heavy (non-hydrogen) atoms. The van der Waals surface area contributed by atoms with Gasteiger partial charge in [-0.1, -0.05) is 11.6 Å². The van der Waals surface area contributed by atoms with Gasteiger partial charge < -0.3 is 10.1 Å². The number of rotatable bonds is 6. The number of nitrogens with one attached hydrogen (secondary N) is 1. The zero-order chi connectivity index (χ0) is 10.2. The molecule has 0 bridgehead atoms. The minimum atomic E-state index is 0.524. The van der Waals surface area contributed by atoms with Gasteiger partial charge in [-0.2, -0.15) is 0 Å². The van der Waals surface area contributed by atoms with E-state index in [9.17, 15) is 0 Å². The Labute approximate surface area is 93.4 Å². The molecular weight excluding hydrogens is 223 g/mol. The van der Waals surface area contributed by atoms with Crippen molar-refractivity contribution in [1.29, 1.82) is 0 Å². The first-order valence-corrected chi connectivity index (χ1v) is 5.23. The first-order chi connectivity index (χ1) is 6.84. The Morgan fingerprint density at radius 1 is 1.43 bits per heavy atom. The topological polar surface area (TPSA) is 34.1 Å². The highest BCUT2D eigenvalue weighted by atomic mass is 35.5. The summed E-state index contributed by atoms with van der Waals surface area (Å²) in [7, 11) is 0. The van der Waals surface area contributed by atoms with Crippen LogP contribution in [0.1, 0.15) is 0 Å². The lowest BCUT2D eigenvalue weighted by atomic mass is 10.4. The van der Waals surface area contributed by atoms with Crippen molar-refractivity contribution in [2.75, 3.05) is 31.0 Å². The Kier molecular flexibility index (Phi) is 5.68.